The minimum atomic E-state index is -0.454. The number of hydrogen-bond acceptors (Lipinski definition) is 3. The van der Waals surface area contributed by atoms with Gasteiger partial charge in [0.05, 0.1) is 11.4 Å². The van der Waals surface area contributed by atoms with E-state index >= 15 is 0 Å². The molecule has 4 heteroatoms. The summed E-state index contributed by atoms with van der Waals surface area (Å²) in [6.45, 7) is 0.552. The summed E-state index contributed by atoms with van der Waals surface area (Å²) in [5, 5.41) is 4.55. The first kappa shape index (κ1) is 13.2. The Hall–Kier alpha value is -2.25. The standard InChI is InChI=1S/C15H13NO2S/c17-15(18-12-13-6-2-1-3-7-13)16-10-4-8-14-9-5-11-19-14/h1-3,5-7,9,11H,10,12H2,(H,16,17). The van der Waals surface area contributed by atoms with E-state index in [0.29, 0.717) is 0 Å². The van der Waals surface area contributed by atoms with E-state index in [1.807, 2.05) is 47.8 Å². The van der Waals surface area contributed by atoms with Crippen LogP contribution in [0.1, 0.15) is 10.4 Å². The number of benzene rings is 1. The molecule has 1 amide bonds. The van der Waals surface area contributed by atoms with Crippen LogP contribution in [0.15, 0.2) is 47.8 Å². The van der Waals surface area contributed by atoms with Gasteiger partial charge in [-0.3, -0.25) is 0 Å². The topological polar surface area (TPSA) is 38.3 Å². The fourth-order valence-corrected chi connectivity index (χ4v) is 1.96. The number of carbonyl (C=O) groups is 1. The molecule has 0 saturated heterocycles. The van der Waals surface area contributed by atoms with E-state index in [1.54, 1.807) is 11.3 Å². The van der Waals surface area contributed by atoms with Gasteiger partial charge < -0.3 is 10.1 Å². The fourth-order valence-electron chi connectivity index (χ4n) is 1.37. The van der Waals surface area contributed by atoms with Crippen LogP contribution in [0, 0.1) is 11.8 Å². The van der Waals surface area contributed by atoms with Gasteiger partial charge in [-0.1, -0.05) is 48.2 Å². The summed E-state index contributed by atoms with van der Waals surface area (Å²) >= 11 is 1.57. The molecule has 0 aliphatic carbocycles. The zero-order valence-corrected chi connectivity index (χ0v) is 11.1. The molecule has 2 rings (SSSR count). The van der Waals surface area contributed by atoms with E-state index in [4.69, 9.17) is 4.74 Å². The minimum Gasteiger partial charge on any atom is -0.445 e. The van der Waals surface area contributed by atoms with Crippen molar-refractivity contribution >= 4 is 17.4 Å². The van der Waals surface area contributed by atoms with Crippen molar-refractivity contribution < 1.29 is 9.53 Å². The number of rotatable bonds is 3. The SMILES string of the molecule is O=C(NCC#Cc1cccs1)OCc1ccccc1. The molecule has 1 aromatic carbocycles. The van der Waals surface area contributed by atoms with Gasteiger partial charge in [0.1, 0.15) is 6.61 Å². The average molecular weight is 271 g/mol. The Morgan fingerprint density at radius 2 is 2.05 bits per heavy atom. The highest BCUT2D eigenvalue weighted by molar-refractivity contribution is 7.10. The van der Waals surface area contributed by atoms with E-state index < -0.39 is 6.09 Å². The smallest absolute Gasteiger partial charge is 0.408 e. The summed E-state index contributed by atoms with van der Waals surface area (Å²) in [4.78, 5) is 12.4. The Morgan fingerprint density at radius 1 is 1.21 bits per heavy atom. The van der Waals surface area contributed by atoms with Crippen molar-refractivity contribution in [1.29, 1.82) is 0 Å². The van der Waals surface area contributed by atoms with Gasteiger partial charge in [-0.2, -0.15) is 0 Å². The lowest BCUT2D eigenvalue weighted by atomic mass is 10.2. The molecule has 0 saturated carbocycles. The Morgan fingerprint density at radius 3 is 2.79 bits per heavy atom. The normalized spacial score (nSPS) is 9.26. The molecule has 1 aromatic heterocycles. The highest BCUT2D eigenvalue weighted by atomic mass is 32.1. The number of ether oxygens (including phenoxy) is 1. The Kier molecular flexibility index (Phi) is 5.03. The number of amides is 1. The van der Waals surface area contributed by atoms with Crippen molar-refractivity contribution in [3.05, 3.63) is 58.3 Å². The van der Waals surface area contributed by atoms with Crippen LogP contribution in [0.25, 0.3) is 0 Å². The summed E-state index contributed by atoms with van der Waals surface area (Å²) in [6.07, 6.45) is -0.454. The first-order valence-electron chi connectivity index (χ1n) is 5.81. The molecule has 19 heavy (non-hydrogen) atoms. The third-order valence-electron chi connectivity index (χ3n) is 2.27. The molecule has 0 spiro atoms. The minimum absolute atomic E-state index is 0.269. The van der Waals surface area contributed by atoms with Crippen molar-refractivity contribution in [3.8, 4) is 11.8 Å². The van der Waals surface area contributed by atoms with E-state index in [9.17, 15) is 4.79 Å². The maximum atomic E-state index is 11.4. The van der Waals surface area contributed by atoms with Gasteiger partial charge in [-0.05, 0) is 17.0 Å². The highest BCUT2D eigenvalue weighted by Gasteiger charge is 1.99. The second-order valence-corrected chi connectivity index (χ2v) is 4.64. The van der Waals surface area contributed by atoms with Gasteiger partial charge in [0, 0.05) is 0 Å². The predicted molar refractivity (Wildman–Crippen MR) is 75.8 cm³/mol. The van der Waals surface area contributed by atoms with Gasteiger partial charge in [-0.25, -0.2) is 4.79 Å². The molecule has 0 unspecified atom stereocenters. The lowest BCUT2D eigenvalue weighted by molar-refractivity contribution is 0.141. The molecular formula is C15H13NO2S. The van der Waals surface area contributed by atoms with E-state index in [-0.39, 0.29) is 13.2 Å². The lowest BCUT2D eigenvalue weighted by Crippen LogP contribution is -2.24. The molecule has 2 aromatic rings. The van der Waals surface area contributed by atoms with Gasteiger partial charge in [0.15, 0.2) is 0 Å². The van der Waals surface area contributed by atoms with Gasteiger partial charge in [0.25, 0.3) is 0 Å². The van der Waals surface area contributed by atoms with Crippen LogP contribution in [-0.4, -0.2) is 12.6 Å². The van der Waals surface area contributed by atoms with E-state index in [2.05, 4.69) is 17.2 Å². The molecule has 0 fully saturated rings. The molecule has 0 radical (unpaired) electrons. The number of alkyl carbamates (subject to hydrolysis) is 1. The fraction of sp³-hybridized carbons (Fsp3) is 0.133. The molecule has 0 aliphatic rings. The van der Waals surface area contributed by atoms with Crippen LogP contribution in [0.5, 0.6) is 0 Å². The molecule has 3 nitrogen and oxygen atoms in total. The Labute approximate surface area is 116 Å². The zero-order valence-electron chi connectivity index (χ0n) is 10.3. The first-order valence-corrected chi connectivity index (χ1v) is 6.69. The summed E-state index contributed by atoms with van der Waals surface area (Å²) in [6, 6.07) is 13.4. The maximum absolute atomic E-state index is 11.4. The van der Waals surface area contributed by atoms with E-state index in [0.717, 1.165) is 10.4 Å². The third kappa shape index (κ3) is 4.86. The van der Waals surface area contributed by atoms with Crippen LogP contribution in [0.2, 0.25) is 0 Å². The van der Waals surface area contributed by atoms with E-state index in [1.165, 1.54) is 0 Å². The third-order valence-corrected chi connectivity index (χ3v) is 3.05. The molecule has 1 N–H and O–H groups in total. The molecule has 0 atom stereocenters. The van der Waals surface area contributed by atoms with Crippen LogP contribution in [0.4, 0.5) is 4.79 Å². The van der Waals surface area contributed by atoms with Gasteiger partial charge in [-0.15, -0.1) is 11.3 Å². The number of nitrogens with one attached hydrogen (secondary N) is 1. The molecular weight excluding hydrogens is 258 g/mol. The van der Waals surface area contributed by atoms with Crippen LogP contribution < -0.4 is 5.32 Å². The largest absolute Gasteiger partial charge is 0.445 e. The summed E-state index contributed by atoms with van der Waals surface area (Å²) < 4.78 is 5.05. The second-order valence-electron chi connectivity index (χ2n) is 3.69. The Balaban J connectivity index is 1.68. The highest BCUT2D eigenvalue weighted by Crippen LogP contribution is 2.05. The zero-order chi connectivity index (χ0) is 13.3. The number of carbonyl (C=O) groups excluding carboxylic acids is 1. The summed E-state index contributed by atoms with van der Waals surface area (Å²) in [5.74, 6) is 5.82. The second kappa shape index (κ2) is 7.24. The molecule has 0 bridgehead atoms. The van der Waals surface area contributed by atoms with Crippen LogP contribution in [-0.2, 0) is 11.3 Å². The molecule has 1 heterocycles. The average Bonchev–Trinajstić information content (AvgIpc) is 2.96. The monoisotopic (exact) mass is 271 g/mol. The molecule has 96 valence electrons. The predicted octanol–water partition coefficient (Wildman–Crippen LogP) is 3.03. The summed E-state index contributed by atoms with van der Waals surface area (Å²) in [5.41, 5.74) is 0.960. The quantitative estimate of drug-likeness (QED) is 0.871. The van der Waals surface area contributed by atoms with Crippen molar-refractivity contribution in [2.75, 3.05) is 6.54 Å². The van der Waals surface area contributed by atoms with Crippen molar-refractivity contribution in [2.45, 2.75) is 6.61 Å². The maximum Gasteiger partial charge on any atom is 0.408 e. The summed E-state index contributed by atoms with van der Waals surface area (Å²) in [7, 11) is 0. The number of hydrogen-bond donors (Lipinski definition) is 1. The Bertz CT molecular complexity index is 567. The van der Waals surface area contributed by atoms with Gasteiger partial charge in [0.2, 0.25) is 0 Å². The van der Waals surface area contributed by atoms with Crippen molar-refractivity contribution in [2.24, 2.45) is 0 Å². The molecule has 0 aliphatic heterocycles. The lowest BCUT2D eigenvalue weighted by Gasteiger charge is -2.04. The van der Waals surface area contributed by atoms with Crippen LogP contribution in [0.3, 0.4) is 0 Å². The van der Waals surface area contributed by atoms with Crippen molar-refractivity contribution in [3.63, 3.8) is 0 Å². The van der Waals surface area contributed by atoms with Crippen molar-refractivity contribution in [1.82, 2.24) is 5.32 Å². The van der Waals surface area contributed by atoms with Crippen LogP contribution >= 0.6 is 11.3 Å². The first-order chi connectivity index (χ1) is 9.34. The van der Waals surface area contributed by atoms with Gasteiger partial charge >= 0.3 is 6.09 Å². The number of thiophene rings is 1.